The molecule has 8 heteroatoms. The van der Waals surface area contributed by atoms with Crippen molar-refractivity contribution in [1.82, 2.24) is 14.8 Å². The molecular formula is C17H11F3N4O. The van der Waals surface area contributed by atoms with Gasteiger partial charge in [0, 0.05) is 5.39 Å². The van der Waals surface area contributed by atoms with E-state index in [0.29, 0.717) is 16.4 Å². The van der Waals surface area contributed by atoms with Crippen LogP contribution in [0.15, 0.2) is 53.3 Å². The van der Waals surface area contributed by atoms with Crippen molar-refractivity contribution in [3.8, 4) is 5.69 Å². The predicted molar refractivity (Wildman–Crippen MR) is 88.6 cm³/mol. The van der Waals surface area contributed by atoms with Gasteiger partial charge in [-0.15, -0.1) is 0 Å². The van der Waals surface area contributed by atoms with Gasteiger partial charge in [0.15, 0.2) is 0 Å². The Bertz CT molecular complexity index is 1170. The predicted octanol–water partition coefficient (Wildman–Crippen LogP) is 3.47. The summed E-state index contributed by atoms with van der Waals surface area (Å²) in [6.45, 7) is 0. The highest BCUT2D eigenvalue weighted by molar-refractivity contribution is 6.06. The van der Waals surface area contributed by atoms with E-state index in [1.165, 1.54) is 12.1 Å². The zero-order chi connectivity index (χ0) is 17.8. The standard InChI is InChI=1S/C17H11F3N4O/c18-17(19,20)9-4-3-5-10(8-9)24-15(21)13-14(23-24)11-6-1-2-7-12(11)22-16(13)25/h1-8H,21H2,(H,22,25). The van der Waals surface area contributed by atoms with Crippen LogP contribution in [0.5, 0.6) is 0 Å². The molecule has 0 radical (unpaired) electrons. The van der Waals surface area contributed by atoms with Crippen LogP contribution < -0.4 is 11.3 Å². The van der Waals surface area contributed by atoms with Gasteiger partial charge in [0.2, 0.25) is 0 Å². The van der Waals surface area contributed by atoms with Crippen LogP contribution in [0.1, 0.15) is 5.56 Å². The number of alkyl halides is 3. The molecule has 25 heavy (non-hydrogen) atoms. The van der Waals surface area contributed by atoms with E-state index in [4.69, 9.17) is 5.73 Å². The summed E-state index contributed by atoms with van der Waals surface area (Å²) in [6, 6.07) is 11.6. The Hall–Kier alpha value is -3.29. The van der Waals surface area contributed by atoms with Crippen molar-refractivity contribution in [3.05, 3.63) is 64.4 Å². The fourth-order valence-corrected chi connectivity index (χ4v) is 2.84. The van der Waals surface area contributed by atoms with E-state index in [2.05, 4.69) is 10.1 Å². The van der Waals surface area contributed by atoms with E-state index in [-0.39, 0.29) is 16.9 Å². The number of anilines is 1. The molecule has 0 aliphatic carbocycles. The van der Waals surface area contributed by atoms with E-state index in [1.54, 1.807) is 24.3 Å². The van der Waals surface area contributed by atoms with Crippen LogP contribution in [-0.2, 0) is 6.18 Å². The quantitative estimate of drug-likeness (QED) is 0.555. The first-order chi connectivity index (χ1) is 11.9. The minimum Gasteiger partial charge on any atom is -0.383 e. The van der Waals surface area contributed by atoms with E-state index in [1.807, 2.05) is 0 Å². The number of halogens is 3. The van der Waals surface area contributed by atoms with Crippen molar-refractivity contribution in [2.24, 2.45) is 0 Å². The normalized spacial score (nSPS) is 12.1. The number of aromatic amines is 1. The maximum atomic E-state index is 12.9. The van der Waals surface area contributed by atoms with Crippen LogP contribution in [0.3, 0.4) is 0 Å². The van der Waals surface area contributed by atoms with Gasteiger partial charge >= 0.3 is 6.18 Å². The summed E-state index contributed by atoms with van der Waals surface area (Å²) in [5, 5.41) is 5.11. The van der Waals surface area contributed by atoms with Crippen molar-refractivity contribution in [2.75, 3.05) is 5.73 Å². The number of aromatic nitrogens is 3. The number of nitrogens with two attached hydrogens (primary N) is 1. The Balaban J connectivity index is 2.04. The first-order valence-electron chi connectivity index (χ1n) is 7.33. The third-order valence-corrected chi connectivity index (χ3v) is 4.00. The van der Waals surface area contributed by atoms with Crippen molar-refractivity contribution in [3.63, 3.8) is 0 Å². The smallest absolute Gasteiger partial charge is 0.383 e. The van der Waals surface area contributed by atoms with Crippen molar-refractivity contribution < 1.29 is 13.2 Å². The number of rotatable bonds is 1. The highest BCUT2D eigenvalue weighted by Crippen LogP contribution is 2.32. The van der Waals surface area contributed by atoms with E-state index in [9.17, 15) is 18.0 Å². The van der Waals surface area contributed by atoms with E-state index in [0.717, 1.165) is 16.8 Å². The molecule has 2 heterocycles. The van der Waals surface area contributed by atoms with Crippen molar-refractivity contribution in [2.45, 2.75) is 6.18 Å². The van der Waals surface area contributed by atoms with E-state index >= 15 is 0 Å². The largest absolute Gasteiger partial charge is 0.416 e. The molecule has 0 saturated carbocycles. The minimum atomic E-state index is -4.48. The van der Waals surface area contributed by atoms with Crippen LogP contribution in [0.25, 0.3) is 27.5 Å². The SMILES string of the molecule is Nc1c2c(=O)[nH]c3ccccc3c2nn1-c1cccc(C(F)(F)F)c1. The molecule has 0 fully saturated rings. The lowest BCUT2D eigenvalue weighted by Gasteiger charge is -2.09. The Labute approximate surface area is 138 Å². The fourth-order valence-electron chi connectivity index (χ4n) is 2.84. The van der Waals surface area contributed by atoms with Crippen molar-refractivity contribution in [1.29, 1.82) is 0 Å². The number of nitrogens with one attached hydrogen (secondary N) is 1. The van der Waals surface area contributed by atoms with Crippen LogP contribution in [0.2, 0.25) is 0 Å². The zero-order valence-corrected chi connectivity index (χ0v) is 12.6. The summed E-state index contributed by atoms with van der Waals surface area (Å²) in [5.74, 6) is -0.0127. The van der Waals surface area contributed by atoms with Gasteiger partial charge in [-0.25, -0.2) is 4.68 Å². The number of pyridine rings is 1. The van der Waals surface area contributed by atoms with E-state index < -0.39 is 17.3 Å². The van der Waals surface area contributed by atoms with Crippen LogP contribution >= 0.6 is 0 Å². The van der Waals surface area contributed by atoms with Gasteiger partial charge in [-0.2, -0.15) is 18.3 Å². The number of hydrogen-bond donors (Lipinski definition) is 2. The summed E-state index contributed by atoms with van der Waals surface area (Å²) in [4.78, 5) is 15.0. The highest BCUT2D eigenvalue weighted by Gasteiger charge is 2.30. The molecule has 0 aliphatic heterocycles. The van der Waals surface area contributed by atoms with Crippen LogP contribution in [0, 0.1) is 0 Å². The number of fused-ring (bicyclic) bond motifs is 3. The van der Waals surface area contributed by atoms with Gasteiger partial charge in [-0.1, -0.05) is 24.3 Å². The minimum absolute atomic E-state index is 0.0127. The molecule has 3 N–H and O–H groups in total. The maximum Gasteiger partial charge on any atom is 0.416 e. The second-order valence-corrected chi connectivity index (χ2v) is 5.57. The van der Waals surface area contributed by atoms with Gasteiger partial charge in [-0.3, -0.25) is 4.79 Å². The van der Waals surface area contributed by atoms with Gasteiger partial charge in [0.05, 0.1) is 16.8 Å². The first kappa shape index (κ1) is 15.3. The lowest BCUT2D eigenvalue weighted by atomic mass is 10.1. The lowest BCUT2D eigenvalue weighted by molar-refractivity contribution is -0.137. The molecule has 0 unspecified atom stereocenters. The molecule has 5 nitrogen and oxygen atoms in total. The average Bonchev–Trinajstić information content (AvgIpc) is 2.93. The third kappa shape index (κ3) is 2.34. The summed E-state index contributed by atoms with van der Waals surface area (Å²) in [5.41, 5.74) is 5.81. The second-order valence-electron chi connectivity index (χ2n) is 5.57. The molecule has 4 rings (SSSR count). The molecule has 0 amide bonds. The van der Waals surface area contributed by atoms with Crippen molar-refractivity contribution >= 4 is 27.6 Å². The summed E-state index contributed by atoms with van der Waals surface area (Å²) >= 11 is 0. The second kappa shape index (κ2) is 5.10. The number of para-hydroxylation sites is 1. The van der Waals surface area contributed by atoms with Gasteiger partial charge in [0.25, 0.3) is 5.56 Å². The molecule has 0 aliphatic rings. The number of nitrogens with zero attached hydrogens (tertiary/aromatic N) is 2. The Morgan fingerprint density at radius 1 is 1.08 bits per heavy atom. The molecule has 0 spiro atoms. The molecule has 126 valence electrons. The lowest BCUT2D eigenvalue weighted by Crippen LogP contribution is -2.09. The maximum absolute atomic E-state index is 12.9. The van der Waals surface area contributed by atoms with Crippen LogP contribution in [0.4, 0.5) is 19.0 Å². The molecule has 0 saturated heterocycles. The number of hydrogen-bond acceptors (Lipinski definition) is 3. The fraction of sp³-hybridized carbons (Fsp3) is 0.0588. The summed E-state index contributed by atoms with van der Waals surface area (Å²) in [6.07, 6.45) is -4.48. The van der Waals surface area contributed by atoms with Gasteiger partial charge in [0.1, 0.15) is 16.7 Å². The molecule has 0 bridgehead atoms. The number of nitrogen functional groups attached to an aromatic ring is 1. The number of H-pyrrole nitrogens is 1. The Morgan fingerprint density at radius 3 is 2.60 bits per heavy atom. The highest BCUT2D eigenvalue weighted by atomic mass is 19.4. The molecule has 2 aromatic heterocycles. The van der Waals surface area contributed by atoms with Crippen LogP contribution in [-0.4, -0.2) is 14.8 Å². The Kier molecular flexibility index (Phi) is 3.11. The van der Waals surface area contributed by atoms with Gasteiger partial charge in [-0.05, 0) is 24.3 Å². The monoisotopic (exact) mass is 344 g/mol. The number of benzene rings is 2. The molecule has 2 aromatic carbocycles. The molecular weight excluding hydrogens is 333 g/mol. The average molecular weight is 344 g/mol. The third-order valence-electron chi connectivity index (χ3n) is 4.00. The topological polar surface area (TPSA) is 76.7 Å². The zero-order valence-electron chi connectivity index (χ0n) is 12.6. The van der Waals surface area contributed by atoms with Gasteiger partial charge < -0.3 is 10.7 Å². The summed E-state index contributed by atoms with van der Waals surface area (Å²) < 4.78 is 40.0. The molecule has 0 atom stereocenters. The summed E-state index contributed by atoms with van der Waals surface area (Å²) in [7, 11) is 0. The first-order valence-corrected chi connectivity index (χ1v) is 7.33. The Morgan fingerprint density at radius 2 is 1.84 bits per heavy atom. The molecule has 4 aromatic rings.